The second-order valence-electron chi connectivity index (χ2n) is 4.59. The lowest BCUT2D eigenvalue weighted by molar-refractivity contribution is -0.127. The monoisotopic (exact) mass is 302 g/mol. The Bertz CT molecular complexity index is 608. The molecule has 0 bridgehead atoms. The Labute approximate surface area is 128 Å². The number of thiazole rings is 1. The number of aryl methyl sites for hydroxylation is 1. The van der Waals surface area contributed by atoms with Gasteiger partial charge in [0.05, 0.1) is 17.3 Å². The van der Waals surface area contributed by atoms with E-state index in [2.05, 4.69) is 4.98 Å². The highest BCUT2D eigenvalue weighted by Gasteiger charge is 2.10. The molecule has 0 atom stereocenters. The SMILES string of the molecule is Cc1nc(/C=C/C(=O)N(CCO)Cc2ccccc2)cs1. The smallest absolute Gasteiger partial charge is 0.247 e. The van der Waals surface area contributed by atoms with Crippen LogP contribution in [0.25, 0.3) is 6.08 Å². The fraction of sp³-hybridized carbons (Fsp3) is 0.250. The number of hydrogen-bond acceptors (Lipinski definition) is 4. The molecule has 0 radical (unpaired) electrons. The molecule has 0 fully saturated rings. The summed E-state index contributed by atoms with van der Waals surface area (Å²) in [6.07, 6.45) is 3.22. The molecule has 2 rings (SSSR count). The Morgan fingerprint density at radius 3 is 2.76 bits per heavy atom. The van der Waals surface area contributed by atoms with Crippen molar-refractivity contribution in [2.24, 2.45) is 0 Å². The predicted molar refractivity (Wildman–Crippen MR) is 84.8 cm³/mol. The van der Waals surface area contributed by atoms with Crippen molar-refractivity contribution >= 4 is 23.3 Å². The lowest BCUT2D eigenvalue weighted by Crippen LogP contribution is -2.31. The zero-order valence-corrected chi connectivity index (χ0v) is 12.7. The Hall–Kier alpha value is -1.98. The van der Waals surface area contributed by atoms with E-state index in [0.717, 1.165) is 16.3 Å². The molecule has 0 saturated carbocycles. The zero-order valence-electron chi connectivity index (χ0n) is 11.9. The third-order valence-corrected chi connectivity index (χ3v) is 3.72. The minimum atomic E-state index is -0.126. The molecule has 4 nitrogen and oxygen atoms in total. The van der Waals surface area contributed by atoms with Crippen LogP contribution in [0.4, 0.5) is 0 Å². The topological polar surface area (TPSA) is 53.4 Å². The molecule has 1 aromatic carbocycles. The zero-order chi connectivity index (χ0) is 15.1. The fourth-order valence-electron chi connectivity index (χ4n) is 1.91. The molecular weight excluding hydrogens is 284 g/mol. The van der Waals surface area contributed by atoms with Gasteiger partial charge in [0.1, 0.15) is 0 Å². The third kappa shape index (κ3) is 4.81. The molecule has 0 saturated heterocycles. The van der Waals surface area contributed by atoms with Gasteiger partial charge in [-0.25, -0.2) is 4.98 Å². The molecular formula is C16H18N2O2S. The minimum absolute atomic E-state index is 0.0534. The number of amides is 1. The second kappa shape index (κ2) is 7.71. The van der Waals surface area contributed by atoms with Crippen LogP contribution in [-0.4, -0.2) is 34.0 Å². The number of carbonyl (C=O) groups excluding carboxylic acids is 1. The van der Waals surface area contributed by atoms with E-state index in [1.165, 1.54) is 6.08 Å². The van der Waals surface area contributed by atoms with Crippen LogP contribution in [0.1, 0.15) is 16.3 Å². The number of aromatic nitrogens is 1. The summed E-state index contributed by atoms with van der Waals surface area (Å²) in [5, 5.41) is 12.0. The summed E-state index contributed by atoms with van der Waals surface area (Å²) in [7, 11) is 0. The Morgan fingerprint density at radius 1 is 1.38 bits per heavy atom. The summed E-state index contributed by atoms with van der Waals surface area (Å²) < 4.78 is 0. The summed E-state index contributed by atoms with van der Waals surface area (Å²) in [6.45, 7) is 2.67. The first-order chi connectivity index (χ1) is 10.2. The number of rotatable bonds is 6. The standard InChI is InChI=1S/C16H18N2O2S/c1-13-17-15(12-21-13)7-8-16(20)18(9-10-19)11-14-5-3-2-4-6-14/h2-8,12,19H,9-11H2,1H3/b8-7+. The first-order valence-corrected chi connectivity index (χ1v) is 7.61. The van der Waals surface area contributed by atoms with Crippen LogP contribution in [0, 0.1) is 6.92 Å². The van der Waals surface area contributed by atoms with Gasteiger partial charge in [0.2, 0.25) is 5.91 Å². The highest BCUT2D eigenvalue weighted by atomic mass is 32.1. The van der Waals surface area contributed by atoms with E-state index in [1.807, 2.05) is 42.6 Å². The van der Waals surface area contributed by atoms with Gasteiger partial charge in [-0.05, 0) is 18.6 Å². The molecule has 110 valence electrons. The van der Waals surface area contributed by atoms with Gasteiger partial charge in [-0.2, -0.15) is 0 Å². The van der Waals surface area contributed by atoms with Crippen LogP contribution in [-0.2, 0) is 11.3 Å². The van der Waals surface area contributed by atoms with Gasteiger partial charge in [-0.15, -0.1) is 11.3 Å². The van der Waals surface area contributed by atoms with Gasteiger partial charge in [0, 0.05) is 24.5 Å². The Morgan fingerprint density at radius 2 is 2.14 bits per heavy atom. The quantitative estimate of drug-likeness (QED) is 0.834. The second-order valence-corrected chi connectivity index (χ2v) is 5.66. The maximum Gasteiger partial charge on any atom is 0.247 e. The summed E-state index contributed by atoms with van der Waals surface area (Å²) in [4.78, 5) is 18.1. The van der Waals surface area contributed by atoms with Crippen LogP contribution in [0.15, 0.2) is 41.8 Å². The molecule has 1 aromatic heterocycles. The van der Waals surface area contributed by atoms with Crippen LogP contribution < -0.4 is 0 Å². The van der Waals surface area contributed by atoms with Crippen molar-refractivity contribution in [2.75, 3.05) is 13.2 Å². The van der Waals surface area contributed by atoms with Crippen molar-refractivity contribution in [3.05, 3.63) is 58.1 Å². The lowest BCUT2D eigenvalue weighted by Gasteiger charge is -2.20. The largest absolute Gasteiger partial charge is 0.395 e. The number of carbonyl (C=O) groups is 1. The molecule has 21 heavy (non-hydrogen) atoms. The summed E-state index contributed by atoms with van der Waals surface area (Å²) in [6, 6.07) is 9.73. The lowest BCUT2D eigenvalue weighted by atomic mass is 10.2. The Kier molecular flexibility index (Phi) is 5.66. The normalized spacial score (nSPS) is 11.0. The number of aliphatic hydroxyl groups is 1. The highest BCUT2D eigenvalue weighted by molar-refractivity contribution is 7.09. The van der Waals surface area contributed by atoms with Crippen LogP contribution >= 0.6 is 11.3 Å². The molecule has 0 aliphatic heterocycles. The van der Waals surface area contributed by atoms with E-state index in [4.69, 9.17) is 5.11 Å². The first-order valence-electron chi connectivity index (χ1n) is 6.73. The molecule has 0 aliphatic rings. The molecule has 1 N–H and O–H groups in total. The molecule has 0 aliphatic carbocycles. The highest BCUT2D eigenvalue weighted by Crippen LogP contribution is 2.10. The van der Waals surface area contributed by atoms with E-state index in [0.29, 0.717) is 13.1 Å². The number of nitrogens with zero attached hydrogens (tertiary/aromatic N) is 2. The van der Waals surface area contributed by atoms with E-state index >= 15 is 0 Å². The van der Waals surface area contributed by atoms with Gasteiger partial charge >= 0.3 is 0 Å². The van der Waals surface area contributed by atoms with Crippen LogP contribution in [0.2, 0.25) is 0 Å². The van der Waals surface area contributed by atoms with E-state index < -0.39 is 0 Å². The Balaban J connectivity index is 2.03. The van der Waals surface area contributed by atoms with Crippen molar-refractivity contribution in [3.8, 4) is 0 Å². The minimum Gasteiger partial charge on any atom is -0.395 e. The van der Waals surface area contributed by atoms with Gasteiger partial charge in [-0.3, -0.25) is 4.79 Å². The number of hydrogen-bond donors (Lipinski definition) is 1. The average Bonchev–Trinajstić information content (AvgIpc) is 2.91. The third-order valence-electron chi connectivity index (χ3n) is 2.93. The first kappa shape index (κ1) is 15.4. The molecule has 0 spiro atoms. The van der Waals surface area contributed by atoms with E-state index in [-0.39, 0.29) is 12.5 Å². The molecule has 5 heteroatoms. The summed E-state index contributed by atoms with van der Waals surface area (Å²) in [5.74, 6) is -0.126. The van der Waals surface area contributed by atoms with Crippen LogP contribution in [0.5, 0.6) is 0 Å². The molecule has 2 aromatic rings. The van der Waals surface area contributed by atoms with Gasteiger partial charge in [0.25, 0.3) is 0 Å². The number of aliphatic hydroxyl groups excluding tert-OH is 1. The van der Waals surface area contributed by atoms with Crippen molar-refractivity contribution in [1.29, 1.82) is 0 Å². The van der Waals surface area contributed by atoms with Crippen molar-refractivity contribution in [1.82, 2.24) is 9.88 Å². The van der Waals surface area contributed by atoms with E-state index in [1.54, 1.807) is 22.3 Å². The fourth-order valence-corrected chi connectivity index (χ4v) is 2.49. The van der Waals surface area contributed by atoms with E-state index in [9.17, 15) is 4.79 Å². The summed E-state index contributed by atoms with van der Waals surface area (Å²) in [5.41, 5.74) is 1.83. The average molecular weight is 302 g/mol. The molecule has 1 heterocycles. The van der Waals surface area contributed by atoms with Gasteiger partial charge < -0.3 is 10.0 Å². The number of benzene rings is 1. The molecule has 0 unspecified atom stereocenters. The predicted octanol–water partition coefficient (Wildman–Crippen LogP) is 2.49. The van der Waals surface area contributed by atoms with Gasteiger partial charge in [0.15, 0.2) is 0 Å². The molecule has 1 amide bonds. The van der Waals surface area contributed by atoms with Crippen molar-refractivity contribution < 1.29 is 9.90 Å². The van der Waals surface area contributed by atoms with Crippen LogP contribution in [0.3, 0.4) is 0 Å². The van der Waals surface area contributed by atoms with Gasteiger partial charge in [-0.1, -0.05) is 30.3 Å². The maximum atomic E-state index is 12.2. The maximum absolute atomic E-state index is 12.2. The van der Waals surface area contributed by atoms with Crippen molar-refractivity contribution in [2.45, 2.75) is 13.5 Å². The summed E-state index contributed by atoms with van der Waals surface area (Å²) >= 11 is 1.55. The van der Waals surface area contributed by atoms with Crippen molar-refractivity contribution in [3.63, 3.8) is 0 Å².